The Bertz CT molecular complexity index is 352. The molecule has 0 aliphatic rings. The number of aryl methyl sites for hydroxylation is 1. The lowest BCUT2D eigenvalue weighted by molar-refractivity contribution is 0.108. The van der Waals surface area contributed by atoms with Crippen LogP contribution in [0.4, 0.5) is 0 Å². The van der Waals surface area contributed by atoms with Gasteiger partial charge in [-0.25, -0.2) is 0 Å². The van der Waals surface area contributed by atoms with Crippen molar-refractivity contribution in [3.63, 3.8) is 0 Å². The van der Waals surface area contributed by atoms with Crippen LogP contribution in [0.15, 0.2) is 22.7 Å². The van der Waals surface area contributed by atoms with Crippen LogP contribution in [0.3, 0.4) is 0 Å². The SMILES string of the molecule is Cc1cc(CNCCCOCC(C)C)ccc1Br. The van der Waals surface area contributed by atoms with E-state index in [9.17, 15) is 0 Å². The van der Waals surface area contributed by atoms with Crippen molar-refractivity contribution in [3.8, 4) is 0 Å². The maximum absolute atomic E-state index is 5.54. The van der Waals surface area contributed by atoms with Crippen LogP contribution in [0.25, 0.3) is 0 Å². The highest BCUT2D eigenvalue weighted by molar-refractivity contribution is 9.10. The third-order valence-corrected chi connectivity index (χ3v) is 3.53. The van der Waals surface area contributed by atoms with Crippen LogP contribution in [-0.2, 0) is 11.3 Å². The number of halogens is 1. The van der Waals surface area contributed by atoms with E-state index in [0.717, 1.165) is 32.7 Å². The van der Waals surface area contributed by atoms with Crippen LogP contribution in [-0.4, -0.2) is 19.8 Å². The predicted molar refractivity (Wildman–Crippen MR) is 80.9 cm³/mol. The molecule has 102 valence electrons. The van der Waals surface area contributed by atoms with Gasteiger partial charge in [0.05, 0.1) is 0 Å². The lowest BCUT2D eigenvalue weighted by atomic mass is 10.1. The zero-order valence-electron chi connectivity index (χ0n) is 11.6. The molecule has 0 bridgehead atoms. The van der Waals surface area contributed by atoms with Crippen molar-refractivity contribution < 1.29 is 4.74 Å². The highest BCUT2D eigenvalue weighted by Crippen LogP contribution is 2.16. The number of benzene rings is 1. The van der Waals surface area contributed by atoms with E-state index in [-0.39, 0.29) is 0 Å². The fourth-order valence-electron chi connectivity index (χ4n) is 1.67. The Hall–Kier alpha value is -0.380. The number of rotatable bonds is 8. The third-order valence-electron chi connectivity index (χ3n) is 2.64. The van der Waals surface area contributed by atoms with Crippen LogP contribution in [0.5, 0.6) is 0 Å². The topological polar surface area (TPSA) is 21.3 Å². The molecule has 0 fully saturated rings. The molecule has 1 aromatic rings. The summed E-state index contributed by atoms with van der Waals surface area (Å²) < 4.78 is 6.71. The van der Waals surface area contributed by atoms with E-state index in [0.29, 0.717) is 5.92 Å². The van der Waals surface area contributed by atoms with Crippen molar-refractivity contribution in [1.29, 1.82) is 0 Å². The molecule has 0 spiro atoms. The van der Waals surface area contributed by atoms with Crippen LogP contribution >= 0.6 is 15.9 Å². The minimum Gasteiger partial charge on any atom is -0.381 e. The summed E-state index contributed by atoms with van der Waals surface area (Å²) in [5.41, 5.74) is 2.62. The van der Waals surface area contributed by atoms with Crippen LogP contribution in [0, 0.1) is 12.8 Å². The first-order valence-electron chi connectivity index (χ1n) is 6.63. The summed E-state index contributed by atoms with van der Waals surface area (Å²) in [6, 6.07) is 6.48. The first-order chi connectivity index (χ1) is 8.59. The molecule has 0 aliphatic heterocycles. The summed E-state index contributed by atoms with van der Waals surface area (Å²) in [5, 5.41) is 3.44. The van der Waals surface area contributed by atoms with Gasteiger partial charge in [0.1, 0.15) is 0 Å². The van der Waals surface area contributed by atoms with Gasteiger partial charge in [0, 0.05) is 24.2 Å². The molecule has 0 amide bonds. The molecule has 0 saturated carbocycles. The second-order valence-corrected chi connectivity index (χ2v) is 5.94. The molecule has 18 heavy (non-hydrogen) atoms. The van der Waals surface area contributed by atoms with E-state index in [1.165, 1.54) is 15.6 Å². The summed E-state index contributed by atoms with van der Waals surface area (Å²) in [5.74, 6) is 0.628. The van der Waals surface area contributed by atoms with Crippen LogP contribution in [0.2, 0.25) is 0 Å². The maximum Gasteiger partial charge on any atom is 0.0489 e. The molecule has 1 rings (SSSR count). The molecular weight excluding hydrogens is 290 g/mol. The smallest absolute Gasteiger partial charge is 0.0489 e. The quantitative estimate of drug-likeness (QED) is 0.735. The molecular formula is C15H24BrNO. The number of ether oxygens (including phenoxy) is 1. The molecule has 1 aromatic carbocycles. The van der Waals surface area contributed by atoms with Gasteiger partial charge in [-0.3, -0.25) is 0 Å². The summed E-state index contributed by atoms with van der Waals surface area (Å²) in [4.78, 5) is 0. The minimum absolute atomic E-state index is 0.628. The number of hydrogen-bond donors (Lipinski definition) is 1. The van der Waals surface area contributed by atoms with E-state index in [1.54, 1.807) is 0 Å². The Balaban J connectivity index is 2.09. The van der Waals surface area contributed by atoms with E-state index in [1.807, 2.05) is 0 Å². The van der Waals surface area contributed by atoms with Gasteiger partial charge in [-0.05, 0) is 43.0 Å². The summed E-state index contributed by atoms with van der Waals surface area (Å²) >= 11 is 3.51. The molecule has 0 heterocycles. The molecule has 0 saturated heterocycles. The second-order valence-electron chi connectivity index (χ2n) is 5.08. The monoisotopic (exact) mass is 313 g/mol. The van der Waals surface area contributed by atoms with Crippen molar-refractivity contribution in [2.75, 3.05) is 19.8 Å². The molecule has 2 nitrogen and oxygen atoms in total. The Morgan fingerprint density at radius 1 is 1.33 bits per heavy atom. The van der Waals surface area contributed by atoms with Crippen molar-refractivity contribution in [2.24, 2.45) is 5.92 Å². The first kappa shape index (κ1) is 15.7. The Morgan fingerprint density at radius 3 is 2.78 bits per heavy atom. The molecule has 0 unspecified atom stereocenters. The van der Waals surface area contributed by atoms with E-state index >= 15 is 0 Å². The second kappa shape index (κ2) is 8.68. The van der Waals surface area contributed by atoms with Gasteiger partial charge in [-0.1, -0.05) is 41.9 Å². The van der Waals surface area contributed by atoms with Gasteiger partial charge in [-0.2, -0.15) is 0 Å². The zero-order valence-corrected chi connectivity index (χ0v) is 13.2. The highest BCUT2D eigenvalue weighted by Gasteiger charge is 1.97. The average Bonchev–Trinajstić information content (AvgIpc) is 2.32. The molecule has 1 N–H and O–H groups in total. The lowest BCUT2D eigenvalue weighted by Crippen LogP contribution is -2.17. The first-order valence-corrected chi connectivity index (χ1v) is 7.42. The largest absolute Gasteiger partial charge is 0.381 e. The van der Waals surface area contributed by atoms with E-state index < -0.39 is 0 Å². The van der Waals surface area contributed by atoms with Crippen molar-refractivity contribution in [1.82, 2.24) is 5.32 Å². The number of hydrogen-bond acceptors (Lipinski definition) is 2. The standard InChI is InChI=1S/C15H24BrNO/c1-12(2)11-18-8-4-7-17-10-14-5-6-15(16)13(3)9-14/h5-6,9,12,17H,4,7-8,10-11H2,1-3H3. The molecule has 3 heteroatoms. The van der Waals surface area contributed by atoms with E-state index in [4.69, 9.17) is 4.74 Å². The van der Waals surface area contributed by atoms with Crippen molar-refractivity contribution in [2.45, 2.75) is 33.7 Å². The average molecular weight is 314 g/mol. The van der Waals surface area contributed by atoms with Gasteiger partial charge in [0.25, 0.3) is 0 Å². The third kappa shape index (κ3) is 6.53. The minimum atomic E-state index is 0.628. The van der Waals surface area contributed by atoms with Gasteiger partial charge >= 0.3 is 0 Å². The Morgan fingerprint density at radius 2 is 2.11 bits per heavy atom. The zero-order chi connectivity index (χ0) is 13.4. The highest BCUT2D eigenvalue weighted by atomic mass is 79.9. The van der Waals surface area contributed by atoms with Crippen LogP contribution < -0.4 is 5.32 Å². The molecule has 0 atom stereocenters. The number of nitrogens with one attached hydrogen (secondary N) is 1. The predicted octanol–water partition coefficient (Wildman–Crippen LogP) is 3.91. The van der Waals surface area contributed by atoms with Crippen LogP contribution in [0.1, 0.15) is 31.4 Å². The molecule has 0 aliphatic carbocycles. The van der Waals surface area contributed by atoms with Gasteiger partial charge in [0.2, 0.25) is 0 Å². The Kier molecular flexibility index (Phi) is 7.56. The maximum atomic E-state index is 5.54. The normalized spacial score (nSPS) is 11.2. The molecule has 0 radical (unpaired) electrons. The van der Waals surface area contributed by atoms with Crippen molar-refractivity contribution >= 4 is 15.9 Å². The van der Waals surface area contributed by atoms with Gasteiger partial charge in [0.15, 0.2) is 0 Å². The lowest BCUT2D eigenvalue weighted by Gasteiger charge is -2.08. The fraction of sp³-hybridized carbons (Fsp3) is 0.600. The summed E-state index contributed by atoms with van der Waals surface area (Å²) in [6.45, 7) is 10.1. The Labute approximate surface area is 119 Å². The van der Waals surface area contributed by atoms with E-state index in [2.05, 4.69) is 60.2 Å². The van der Waals surface area contributed by atoms with Gasteiger partial charge in [-0.15, -0.1) is 0 Å². The van der Waals surface area contributed by atoms with Crippen molar-refractivity contribution in [3.05, 3.63) is 33.8 Å². The fourth-order valence-corrected chi connectivity index (χ4v) is 1.91. The molecule has 0 aromatic heterocycles. The summed E-state index contributed by atoms with van der Waals surface area (Å²) in [7, 11) is 0. The summed E-state index contributed by atoms with van der Waals surface area (Å²) in [6.07, 6.45) is 1.07. The van der Waals surface area contributed by atoms with Gasteiger partial charge < -0.3 is 10.1 Å².